The molecule has 0 saturated carbocycles. The monoisotopic (exact) mass is 557 g/mol. The number of carbonyl (C=O) groups is 1. The highest BCUT2D eigenvalue weighted by Gasteiger charge is 2.28. The molecular formula is C32H35N3O2S2. The first kappa shape index (κ1) is 27.3. The van der Waals surface area contributed by atoms with Crippen LogP contribution >= 0.6 is 23.1 Å². The van der Waals surface area contributed by atoms with Crippen LogP contribution in [0.25, 0.3) is 21.9 Å². The molecule has 1 N–H and O–H groups in total. The Morgan fingerprint density at radius 1 is 0.949 bits per heavy atom. The summed E-state index contributed by atoms with van der Waals surface area (Å²) in [5.41, 5.74) is 2.65. The van der Waals surface area contributed by atoms with Crippen molar-refractivity contribution in [2.45, 2.75) is 50.3 Å². The van der Waals surface area contributed by atoms with E-state index >= 15 is 0 Å². The van der Waals surface area contributed by atoms with Crippen molar-refractivity contribution >= 4 is 62.1 Å². The maximum absolute atomic E-state index is 13.2. The van der Waals surface area contributed by atoms with Gasteiger partial charge in [-0.3, -0.25) is 9.59 Å². The van der Waals surface area contributed by atoms with E-state index < -0.39 is 0 Å². The number of rotatable bonds is 10. The fraction of sp³-hybridized carbons (Fsp3) is 0.312. The van der Waals surface area contributed by atoms with Gasteiger partial charge in [-0.15, -0.1) is 11.3 Å². The maximum Gasteiger partial charge on any atom is 0.269 e. The summed E-state index contributed by atoms with van der Waals surface area (Å²) in [5, 5.41) is 3.37. The van der Waals surface area contributed by atoms with E-state index in [1.807, 2.05) is 43.3 Å². The van der Waals surface area contributed by atoms with E-state index in [2.05, 4.69) is 53.2 Å². The number of fused-ring (bicyclic) bond motifs is 3. The zero-order valence-electron chi connectivity index (χ0n) is 22.8. The number of Topliss-reactive ketones (excluding diaryl/α,β-unsaturated/α-hetero) is 1. The third-order valence-corrected chi connectivity index (χ3v) is 9.51. The molecule has 1 aromatic heterocycles. The molecule has 0 atom stereocenters. The molecule has 39 heavy (non-hydrogen) atoms. The normalized spacial score (nSPS) is 14.7. The first-order valence-electron chi connectivity index (χ1n) is 13.7. The van der Waals surface area contributed by atoms with Crippen molar-refractivity contribution in [3.05, 3.63) is 85.8 Å². The van der Waals surface area contributed by atoms with Gasteiger partial charge in [0.15, 0.2) is 5.78 Å². The van der Waals surface area contributed by atoms with E-state index in [1.165, 1.54) is 59.1 Å². The lowest BCUT2D eigenvalue weighted by Gasteiger charge is -2.20. The van der Waals surface area contributed by atoms with Crippen molar-refractivity contribution in [1.29, 1.82) is 0 Å². The molecule has 0 fully saturated rings. The molecule has 0 aliphatic carbocycles. The Kier molecular flexibility index (Phi) is 8.58. The lowest BCUT2D eigenvalue weighted by atomic mass is 10.1. The van der Waals surface area contributed by atoms with E-state index in [1.54, 1.807) is 17.8 Å². The van der Waals surface area contributed by atoms with Crippen molar-refractivity contribution in [3.63, 3.8) is 0 Å². The summed E-state index contributed by atoms with van der Waals surface area (Å²) in [7, 11) is 3.94. The molecule has 0 unspecified atom stereocenters. The van der Waals surface area contributed by atoms with Crippen LogP contribution in [0.5, 0.6) is 0 Å². The summed E-state index contributed by atoms with van der Waals surface area (Å²) in [5.74, 6) is -0.119. The second kappa shape index (κ2) is 12.3. The number of aromatic nitrogens is 1. The van der Waals surface area contributed by atoms with Crippen LogP contribution in [-0.2, 0) is 0 Å². The highest BCUT2D eigenvalue weighted by molar-refractivity contribution is 8.09. The molecule has 0 bridgehead atoms. The van der Waals surface area contributed by atoms with Gasteiger partial charge in [0, 0.05) is 42.9 Å². The molecule has 4 aromatic rings. The molecule has 3 aromatic carbocycles. The minimum Gasteiger partial charge on any atom is -0.378 e. The number of aromatic amines is 1. The lowest BCUT2D eigenvalue weighted by Crippen LogP contribution is -2.29. The molecule has 2 heterocycles. The molecule has 1 aliphatic heterocycles. The average molecular weight is 558 g/mol. The Morgan fingerprint density at radius 3 is 2.46 bits per heavy atom. The summed E-state index contributed by atoms with van der Waals surface area (Å²) >= 11 is 3.04. The number of H-pyrrole nitrogens is 1. The van der Waals surface area contributed by atoms with E-state index in [4.69, 9.17) is 0 Å². The Hall–Kier alpha value is -3.29. The molecule has 5 rings (SSSR count). The Balaban J connectivity index is 1.50. The highest BCUT2D eigenvalue weighted by atomic mass is 32.2. The predicted octanol–water partition coefficient (Wildman–Crippen LogP) is 6.36. The average Bonchev–Trinajstić information content (AvgIpc) is 3.50. The summed E-state index contributed by atoms with van der Waals surface area (Å²) in [6.45, 7) is 3.11. The Bertz CT molecular complexity index is 1650. The molecule has 0 spiro atoms. The van der Waals surface area contributed by atoms with Gasteiger partial charge in [-0.25, -0.2) is 0 Å². The molecule has 0 radical (unpaired) electrons. The van der Waals surface area contributed by atoms with Gasteiger partial charge in [-0.05, 0) is 47.5 Å². The minimum atomic E-state index is -0.144. The van der Waals surface area contributed by atoms with Gasteiger partial charge in [0.25, 0.3) is 5.56 Å². The fourth-order valence-electron chi connectivity index (χ4n) is 4.94. The number of ketones is 1. The second-order valence-electron chi connectivity index (χ2n) is 10.2. The van der Waals surface area contributed by atoms with E-state index in [0.717, 1.165) is 29.4 Å². The van der Waals surface area contributed by atoms with Crippen LogP contribution in [0.2, 0.25) is 0 Å². The van der Waals surface area contributed by atoms with E-state index in [-0.39, 0.29) is 11.3 Å². The van der Waals surface area contributed by atoms with Crippen LogP contribution < -0.4 is 24.6 Å². The molecule has 0 amide bonds. The first-order valence-corrected chi connectivity index (χ1v) is 15.3. The summed E-state index contributed by atoms with van der Waals surface area (Å²) < 4.78 is 1.23. The number of thioether (sulfide) groups is 1. The van der Waals surface area contributed by atoms with Gasteiger partial charge in [0.05, 0.1) is 10.4 Å². The van der Waals surface area contributed by atoms with Crippen molar-refractivity contribution in [2.75, 3.05) is 30.4 Å². The molecule has 7 heteroatoms. The first-order chi connectivity index (χ1) is 19.0. The SMILES string of the molecule is CCCCCCCCN1/C(=c2\s/c(=C\C(=O)c3ccc(N(C)C)cc3)[nH]c2=O)Sc2c1ccc1ccccc21. The third kappa shape index (κ3) is 5.99. The largest absolute Gasteiger partial charge is 0.378 e. The number of benzene rings is 3. The van der Waals surface area contributed by atoms with Crippen LogP contribution in [0.1, 0.15) is 55.8 Å². The van der Waals surface area contributed by atoms with Gasteiger partial charge >= 0.3 is 0 Å². The maximum atomic E-state index is 13.2. The fourth-order valence-corrected chi connectivity index (χ4v) is 7.31. The van der Waals surface area contributed by atoms with Gasteiger partial charge < -0.3 is 14.8 Å². The van der Waals surface area contributed by atoms with Crippen molar-refractivity contribution in [1.82, 2.24) is 4.98 Å². The molecule has 5 nitrogen and oxygen atoms in total. The number of unbranched alkanes of at least 4 members (excludes halogenated alkanes) is 5. The zero-order chi connectivity index (χ0) is 27.4. The molecule has 1 aliphatic rings. The second-order valence-corrected chi connectivity index (χ2v) is 12.2. The number of nitrogens with zero attached hydrogens (tertiary/aromatic N) is 2. The van der Waals surface area contributed by atoms with Crippen LogP contribution in [-0.4, -0.2) is 31.4 Å². The topological polar surface area (TPSA) is 56.4 Å². The number of hydrogen-bond donors (Lipinski definition) is 1. The number of carbonyl (C=O) groups excluding carboxylic acids is 1. The van der Waals surface area contributed by atoms with Gasteiger partial charge in [-0.1, -0.05) is 81.1 Å². The van der Waals surface area contributed by atoms with E-state index in [0.29, 0.717) is 14.8 Å². The van der Waals surface area contributed by atoms with Crippen LogP contribution in [0.4, 0.5) is 11.4 Å². The number of thiazole rings is 1. The third-order valence-electron chi connectivity index (χ3n) is 7.11. The number of anilines is 2. The van der Waals surface area contributed by atoms with Crippen molar-refractivity contribution in [2.24, 2.45) is 0 Å². The van der Waals surface area contributed by atoms with Crippen LogP contribution in [0.3, 0.4) is 0 Å². The quantitative estimate of drug-likeness (QED) is 0.182. The molecule has 202 valence electrons. The summed E-state index contributed by atoms with van der Waals surface area (Å²) in [6, 6.07) is 20.3. The molecular weight excluding hydrogens is 523 g/mol. The van der Waals surface area contributed by atoms with Crippen LogP contribution in [0.15, 0.2) is 70.4 Å². The standard InChI is InChI=1S/C32H35N3O2S2/c1-4-5-6-7-8-11-20-35-26-19-16-22-12-9-10-13-25(22)29(26)39-32(35)30-31(37)33-28(38-30)21-27(36)23-14-17-24(18-15-23)34(2)3/h9-10,12-19,21H,4-8,11,20H2,1-3H3,(H,33,37)/b28-21-,32-30+. The predicted molar refractivity (Wildman–Crippen MR) is 168 cm³/mol. The smallest absolute Gasteiger partial charge is 0.269 e. The summed E-state index contributed by atoms with van der Waals surface area (Å²) in [6.07, 6.45) is 8.84. The van der Waals surface area contributed by atoms with Gasteiger partial charge in [-0.2, -0.15) is 0 Å². The van der Waals surface area contributed by atoms with Gasteiger partial charge in [0.2, 0.25) is 0 Å². The number of hydrogen-bond acceptors (Lipinski definition) is 6. The van der Waals surface area contributed by atoms with Gasteiger partial charge in [0.1, 0.15) is 9.56 Å². The van der Waals surface area contributed by atoms with Crippen LogP contribution in [0, 0.1) is 0 Å². The molecule has 0 saturated heterocycles. The minimum absolute atomic E-state index is 0.119. The zero-order valence-corrected chi connectivity index (χ0v) is 24.5. The highest BCUT2D eigenvalue weighted by Crippen LogP contribution is 2.49. The summed E-state index contributed by atoms with van der Waals surface area (Å²) in [4.78, 5) is 34.7. The van der Waals surface area contributed by atoms with Crippen molar-refractivity contribution in [3.8, 4) is 0 Å². The van der Waals surface area contributed by atoms with Crippen molar-refractivity contribution < 1.29 is 4.79 Å². The van der Waals surface area contributed by atoms with E-state index in [9.17, 15) is 9.59 Å². The Morgan fingerprint density at radius 2 is 1.69 bits per heavy atom. The Labute approximate surface area is 237 Å². The number of nitrogens with one attached hydrogen (secondary N) is 1. The lowest BCUT2D eigenvalue weighted by molar-refractivity contribution is 0.106.